The van der Waals surface area contributed by atoms with Crippen LogP contribution >= 0.6 is 11.3 Å². The topological polar surface area (TPSA) is 95.1 Å². The Bertz CT molecular complexity index is 696. The molecule has 0 atom stereocenters. The van der Waals surface area contributed by atoms with Crippen molar-refractivity contribution < 1.29 is 13.5 Å². The van der Waals surface area contributed by atoms with E-state index in [-0.39, 0.29) is 16.9 Å². The van der Waals surface area contributed by atoms with E-state index in [9.17, 15) is 8.42 Å². The number of aliphatic hydroxyl groups excluding tert-OH is 1. The highest BCUT2D eigenvalue weighted by atomic mass is 32.2. The maximum absolute atomic E-state index is 12.1. The fraction of sp³-hybridized carbons (Fsp3) is 0.417. The molecule has 0 bridgehead atoms. The van der Waals surface area contributed by atoms with Crippen LogP contribution in [-0.2, 0) is 22.0 Å². The third-order valence-electron chi connectivity index (χ3n) is 2.69. The molecular weight excluding hydrogens is 298 g/mol. The van der Waals surface area contributed by atoms with Crippen LogP contribution in [0.4, 0.5) is 5.13 Å². The molecule has 0 aliphatic carbocycles. The first-order valence-electron chi connectivity index (χ1n) is 5.99. The molecule has 0 amide bonds. The summed E-state index contributed by atoms with van der Waals surface area (Å²) in [5.74, 6) is 0. The van der Waals surface area contributed by atoms with Gasteiger partial charge in [-0.15, -0.1) is 11.3 Å². The molecule has 2 rings (SSSR count). The van der Waals surface area contributed by atoms with Gasteiger partial charge in [-0.3, -0.25) is 4.72 Å². The zero-order chi connectivity index (χ0) is 15.0. The summed E-state index contributed by atoms with van der Waals surface area (Å²) in [7, 11) is -3.68. The first-order valence-corrected chi connectivity index (χ1v) is 8.35. The molecule has 0 saturated heterocycles. The van der Waals surface area contributed by atoms with Gasteiger partial charge in [0.25, 0.3) is 10.0 Å². The van der Waals surface area contributed by atoms with E-state index in [1.54, 1.807) is 0 Å². The van der Waals surface area contributed by atoms with E-state index >= 15 is 0 Å². The first kappa shape index (κ1) is 15.0. The lowest BCUT2D eigenvalue weighted by atomic mass is 9.93. The lowest BCUT2D eigenvalue weighted by Crippen LogP contribution is -2.14. The van der Waals surface area contributed by atoms with E-state index in [1.165, 1.54) is 23.6 Å². The molecule has 2 aromatic heterocycles. The van der Waals surface area contributed by atoms with Crippen molar-refractivity contribution in [3.63, 3.8) is 0 Å². The van der Waals surface area contributed by atoms with Gasteiger partial charge in [-0.05, 0) is 6.07 Å². The van der Waals surface area contributed by atoms with E-state index in [0.717, 1.165) is 5.69 Å². The molecule has 8 heteroatoms. The molecular formula is C12H17N3O3S2. The second kappa shape index (κ2) is 5.19. The monoisotopic (exact) mass is 315 g/mol. The highest BCUT2D eigenvalue weighted by Gasteiger charge is 2.21. The van der Waals surface area contributed by atoms with Crippen LogP contribution in [0, 0.1) is 0 Å². The summed E-state index contributed by atoms with van der Waals surface area (Å²) in [6, 6.07) is 1.39. The van der Waals surface area contributed by atoms with Crippen LogP contribution in [0.5, 0.6) is 0 Å². The van der Waals surface area contributed by atoms with Crippen LogP contribution < -0.4 is 4.72 Å². The Balaban J connectivity index is 2.22. The predicted molar refractivity (Wildman–Crippen MR) is 78.3 cm³/mol. The average molecular weight is 315 g/mol. The maximum Gasteiger partial charge on any atom is 0.265 e. The molecule has 110 valence electrons. The molecule has 0 fully saturated rings. The lowest BCUT2D eigenvalue weighted by molar-refractivity contribution is 0.277. The number of hydrogen-bond acceptors (Lipinski definition) is 5. The molecule has 20 heavy (non-hydrogen) atoms. The van der Waals surface area contributed by atoms with Crippen molar-refractivity contribution in [2.75, 3.05) is 4.72 Å². The summed E-state index contributed by atoms with van der Waals surface area (Å²) in [6.07, 6.45) is 1.34. The largest absolute Gasteiger partial charge is 0.390 e. The van der Waals surface area contributed by atoms with Crippen molar-refractivity contribution >= 4 is 26.5 Å². The fourth-order valence-electron chi connectivity index (χ4n) is 1.50. The SMILES string of the molecule is CC(C)(C)c1csc(NS(=O)(=O)c2c[nH]c(CO)c2)n1. The minimum absolute atomic E-state index is 0.0778. The molecule has 6 nitrogen and oxygen atoms in total. The summed E-state index contributed by atoms with van der Waals surface area (Å²) < 4.78 is 26.7. The lowest BCUT2D eigenvalue weighted by Gasteiger charge is -2.14. The van der Waals surface area contributed by atoms with Crippen molar-refractivity contribution in [3.05, 3.63) is 29.0 Å². The number of anilines is 1. The fourth-order valence-corrected chi connectivity index (χ4v) is 3.71. The van der Waals surface area contributed by atoms with Gasteiger partial charge in [-0.2, -0.15) is 0 Å². The summed E-state index contributed by atoms with van der Waals surface area (Å²) in [5, 5.41) is 11.1. The predicted octanol–water partition coefficient (Wildman–Crippen LogP) is 2.06. The van der Waals surface area contributed by atoms with Crippen LogP contribution in [0.15, 0.2) is 22.5 Å². The van der Waals surface area contributed by atoms with Gasteiger partial charge in [0.15, 0.2) is 5.13 Å². The van der Waals surface area contributed by atoms with Crippen molar-refractivity contribution in [1.29, 1.82) is 0 Å². The van der Waals surface area contributed by atoms with Gasteiger partial charge in [-0.1, -0.05) is 20.8 Å². The summed E-state index contributed by atoms with van der Waals surface area (Å²) in [4.78, 5) is 7.06. The van der Waals surface area contributed by atoms with E-state index in [0.29, 0.717) is 10.8 Å². The number of H-pyrrole nitrogens is 1. The summed E-state index contributed by atoms with van der Waals surface area (Å²) in [6.45, 7) is 5.81. The number of aliphatic hydroxyl groups is 1. The molecule has 0 aromatic carbocycles. The van der Waals surface area contributed by atoms with Crippen molar-refractivity contribution in [1.82, 2.24) is 9.97 Å². The van der Waals surface area contributed by atoms with Gasteiger partial charge >= 0.3 is 0 Å². The Morgan fingerprint density at radius 3 is 2.65 bits per heavy atom. The minimum Gasteiger partial charge on any atom is -0.390 e. The summed E-state index contributed by atoms with van der Waals surface area (Å²) >= 11 is 1.25. The van der Waals surface area contributed by atoms with Gasteiger partial charge in [0, 0.05) is 22.7 Å². The third-order valence-corrected chi connectivity index (χ3v) is 4.90. The van der Waals surface area contributed by atoms with Crippen LogP contribution in [-0.4, -0.2) is 23.5 Å². The molecule has 0 unspecified atom stereocenters. The number of aromatic amines is 1. The Morgan fingerprint density at radius 1 is 1.45 bits per heavy atom. The third kappa shape index (κ3) is 3.20. The van der Waals surface area contributed by atoms with E-state index in [4.69, 9.17) is 5.11 Å². The quantitative estimate of drug-likeness (QED) is 0.805. The highest BCUT2D eigenvalue weighted by Crippen LogP contribution is 2.27. The number of rotatable bonds is 4. The number of thiazole rings is 1. The van der Waals surface area contributed by atoms with E-state index < -0.39 is 10.0 Å². The van der Waals surface area contributed by atoms with Crippen LogP contribution in [0.1, 0.15) is 32.2 Å². The Labute approximate surface area is 121 Å². The number of nitrogens with one attached hydrogen (secondary N) is 2. The van der Waals surface area contributed by atoms with Crippen molar-refractivity contribution in [2.24, 2.45) is 0 Å². The van der Waals surface area contributed by atoms with E-state index in [2.05, 4.69) is 14.7 Å². The zero-order valence-corrected chi connectivity index (χ0v) is 13.1. The number of nitrogens with zero attached hydrogens (tertiary/aromatic N) is 1. The smallest absolute Gasteiger partial charge is 0.265 e. The van der Waals surface area contributed by atoms with Crippen LogP contribution in [0.3, 0.4) is 0 Å². The van der Waals surface area contributed by atoms with Gasteiger partial charge in [0.1, 0.15) is 4.90 Å². The van der Waals surface area contributed by atoms with E-state index in [1.807, 2.05) is 26.2 Å². The average Bonchev–Trinajstić information content (AvgIpc) is 2.95. The molecule has 0 spiro atoms. The maximum atomic E-state index is 12.1. The van der Waals surface area contributed by atoms with Crippen LogP contribution in [0.25, 0.3) is 0 Å². The molecule has 2 heterocycles. The standard InChI is InChI=1S/C12H17N3O3S2/c1-12(2,3)10-7-19-11(14-10)15-20(17,18)9-4-8(6-16)13-5-9/h4-5,7,13,16H,6H2,1-3H3,(H,14,15). The summed E-state index contributed by atoms with van der Waals surface area (Å²) in [5.41, 5.74) is 1.16. The second-order valence-electron chi connectivity index (χ2n) is 5.41. The number of hydrogen-bond donors (Lipinski definition) is 3. The van der Waals surface area contributed by atoms with Gasteiger partial charge in [-0.25, -0.2) is 13.4 Å². The number of sulfonamides is 1. The zero-order valence-electron chi connectivity index (χ0n) is 11.5. The molecule has 0 radical (unpaired) electrons. The highest BCUT2D eigenvalue weighted by molar-refractivity contribution is 7.93. The van der Waals surface area contributed by atoms with Crippen molar-refractivity contribution in [3.8, 4) is 0 Å². The Hall–Kier alpha value is -1.38. The Kier molecular flexibility index (Phi) is 3.90. The molecule has 0 aliphatic heterocycles. The molecule has 2 aromatic rings. The normalized spacial score (nSPS) is 12.6. The minimum atomic E-state index is -3.68. The van der Waals surface area contributed by atoms with Crippen LogP contribution in [0.2, 0.25) is 0 Å². The Morgan fingerprint density at radius 2 is 2.15 bits per heavy atom. The van der Waals surface area contributed by atoms with Gasteiger partial charge < -0.3 is 10.1 Å². The number of aromatic nitrogens is 2. The molecule has 3 N–H and O–H groups in total. The van der Waals surface area contributed by atoms with Gasteiger partial charge in [0.2, 0.25) is 0 Å². The van der Waals surface area contributed by atoms with Gasteiger partial charge in [0.05, 0.1) is 12.3 Å². The molecule has 0 saturated carbocycles. The van der Waals surface area contributed by atoms with Crippen molar-refractivity contribution in [2.45, 2.75) is 37.7 Å². The second-order valence-corrected chi connectivity index (χ2v) is 7.95. The molecule has 0 aliphatic rings. The first-order chi connectivity index (χ1) is 9.22.